The van der Waals surface area contributed by atoms with Gasteiger partial charge in [0.15, 0.2) is 5.82 Å². The Balaban J connectivity index is 1.23. The Kier molecular flexibility index (Phi) is 4.35. The molecule has 8 aromatic rings. The predicted molar refractivity (Wildman–Crippen MR) is 192 cm³/mol. The minimum atomic E-state index is 0.00527. The summed E-state index contributed by atoms with van der Waals surface area (Å²) in [4.78, 5) is 5.28. The number of thiophene rings is 1. The van der Waals surface area contributed by atoms with Crippen molar-refractivity contribution in [3.63, 3.8) is 0 Å². The van der Waals surface area contributed by atoms with Crippen LogP contribution in [0.5, 0.6) is 0 Å². The van der Waals surface area contributed by atoms with Gasteiger partial charge in [-0.1, -0.05) is 92.7 Å². The molecule has 0 saturated heterocycles. The highest BCUT2D eigenvalue weighted by Gasteiger charge is 2.35. The van der Waals surface area contributed by atoms with Gasteiger partial charge in [0.25, 0.3) is 0 Å². The maximum Gasteiger partial charge on any atom is 0.162 e. The number of hydrogen-bond acceptors (Lipinski definition) is 3. The smallest absolute Gasteiger partial charge is 0.162 e. The summed E-state index contributed by atoms with van der Waals surface area (Å²) in [6.45, 7) is 4.69. The first-order chi connectivity index (χ1) is 22.1. The van der Waals surface area contributed by atoms with Crippen LogP contribution in [0, 0.1) is 0 Å². The lowest BCUT2D eigenvalue weighted by Crippen LogP contribution is -2.29. The van der Waals surface area contributed by atoms with Crippen molar-refractivity contribution in [2.75, 3.05) is 5.32 Å². The van der Waals surface area contributed by atoms with E-state index in [0.29, 0.717) is 0 Å². The average Bonchev–Trinajstić information content (AvgIpc) is 3.77. The zero-order chi connectivity index (χ0) is 29.6. The summed E-state index contributed by atoms with van der Waals surface area (Å²) >= 11 is 1.91. The van der Waals surface area contributed by atoms with Crippen molar-refractivity contribution >= 4 is 75.9 Å². The van der Waals surface area contributed by atoms with Gasteiger partial charge in [-0.25, -0.2) is 4.99 Å². The van der Waals surface area contributed by atoms with Crippen LogP contribution in [0.15, 0.2) is 120 Å². The maximum atomic E-state index is 5.28. The van der Waals surface area contributed by atoms with E-state index >= 15 is 0 Å². The molecular weight excluding hydrogens is 567 g/mol. The number of benzene rings is 5. The first kappa shape index (κ1) is 24.2. The van der Waals surface area contributed by atoms with E-state index in [1.54, 1.807) is 0 Å². The third-order valence-electron chi connectivity index (χ3n) is 10.5. The molecule has 5 aromatic carbocycles. The summed E-state index contributed by atoms with van der Waals surface area (Å²) in [5.41, 5.74) is 12.7. The first-order valence-electron chi connectivity index (χ1n) is 15.7. The largest absolute Gasteiger partial charge is 0.370 e. The average molecular weight is 594 g/mol. The van der Waals surface area contributed by atoms with Crippen molar-refractivity contribution in [3.8, 4) is 22.3 Å². The third kappa shape index (κ3) is 2.94. The molecule has 0 radical (unpaired) electrons. The van der Waals surface area contributed by atoms with Gasteiger partial charge >= 0.3 is 0 Å². The molecule has 1 atom stereocenters. The second-order valence-corrected chi connectivity index (χ2v) is 14.3. The van der Waals surface area contributed by atoms with Gasteiger partial charge in [-0.2, -0.15) is 0 Å². The van der Waals surface area contributed by atoms with Crippen molar-refractivity contribution in [2.24, 2.45) is 4.99 Å². The quantitative estimate of drug-likeness (QED) is 0.202. The van der Waals surface area contributed by atoms with Crippen molar-refractivity contribution in [2.45, 2.75) is 25.3 Å². The molecular formula is C41H27N3S. The topological polar surface area (TPSA) is 28.8 Å². The SMILES string of the molecule is CC1(C)c2ccccc2-c2cc(-c3ccc4c(c3)c3c5sc6ccccc6c5cc5c6c(n4c53)N=C3C=CC=CC3N6)ccc21. The number of aromatic nitrogens is 1. The van der Waals surface area contributed by atoms with Gasteiger partial charge in [0.1, 0.15) is 0 Å². The minimum Gasteiger partial charge on any atom is -0.370 e. The molecule has 4 heterocycles. The molecule has 45 heavy (non-hydrogen) atoms. The summed E-state index contributed by atoms with van der Waals surface area (Å²) in [7, 11) is 0. The lowest BCUT2D eigenvalue weighted by molar-refractivity contribution is 0.660. The van der Waals surface area contributed by atoms with Crippen LogP contribution < -0.4 is 5.32 Å². The van der Waals surface area contributed by atoms with E-state index in [0.717, 1.165) is 17.2 Å². The molecule has 0 amide bonds. The standard InChI is InChI=1S/C41H27N3S/c1-41(2)30-11-5-3-9-24(30)26-19-22(15-17-31(26)41)23-16-18-34-28(20-23)36-38-29(21-27-25-10-4-8-14-35(25)45-39(27)36)37-40(44(34)38)43-33-13-7-6-12-32(33)42-37/h3-21,32,42H,1-2H3. The van der Waals surface area contributed by atoms with E-state index in [1.807, 2.05) is 11.3 Å². The molecule has 3 nitrogen and oxygen atoms in total. The van der Waals surface area contributed by atoms with Gasteiger partial charge in [0.2, 0.25) is 0 Å². The molecule has 212 valence electrons. The molecule has 0 spiro atoms. The van der Waals surface area contributed by atoms with Crippen LogP contribution in [0.2, 0.25) is 0 Å². The summed E-state index contributed by atoms with van der Waals surface area (Å²) in [6, 6.07) is 34.4. The Hall–Kier alpha value is -5.19. The van der Waals surface area contributed by atoms with Crippen LogP contribution in [0.4, 0.5) is 11.5 Å². The van der Waals surface area contributed by atoms with E-state index in [-0.39, 0.29) is 11.5 Å². The molecule has 0 fully saturated rings. The fourth-order valence-corrected chi connectivity index (χ4v) is 9.63. The molecule has 0 saturated carbocycles. The van der Waals surface area contributed by atoms with Gasteiger partial charge in [-0.15, -0.1) is 11.3 Å². The number of hydrogen-bond donors (Lipinski definition) is 1. The highest BCUT2D eigenvalue weighted by molar-refractivity contribution is 7.26. The maximum absolute atomic E-state index is 5.28. The lowest BCUT2D eigenvalue weighted by atomic mass is 9.82. The van der Waals surface area contributed by atoms with Crippen molar-refractivity contribution in [1.82, 2.24) is 4.40 Å². The molecule has 3 aliphatic rings. The van der Waals surface area contributed by atoms with Gasteiger partial charge in [0, 0.05) is 41.7 Å². The summed E-state index contributed by atoms with van der Waals surface area (Å²) < 4.78 is 5.09. The van der Waals surface area contributed by atoms with Crippen molar-refractivity contribution in [3.05, 3.63) is 126 Å². The molecule has 1 unspecified atom stereocenters. The Morgan fingerprint density at radius 1 is 0.756 bits per heavy atom. The van der Waals surface area contributed by atoms with Gasteiger partial charge in [-0.3, -0.25) is 4.40 Å². The summed E-state index contributed by atoms with van der Waals surface area (Å²) in [5, 5.41) is 10.4. The Labute approximate surface area is 263 Å². The number of nitrogens with zero attached hydrogens (tertiary/aromatic N) is 2. The number of aliphatic imine (C=N–C) groups is 1. The zero-order valence-corrected chi connectivity index (χ0v) is 25.7. The van der Waals surface area contributed by atoms with Crippen LogP contribution >= 0.6 is 11.3 Å². The fraction of sp³-hybridized carbons (Fsp3) is 0.0976. The lowest BCUT2D eigenvalue weighted by Gasteiger charge is -2.23. The Bertz CT molecular complexity index is 2710. The number of rotatable bonds is 1. The Morgan fingerprint density at radius 2 is 1.58 bits per heavy atom. The van der Waals surface area contributed by atoms with Crippen LogP contribution in [0.1, 0.15) is 25.0 Å². The number of nitrogens with one attached hydrogen (secondary N) is 1. The molecule has 4 heteroatoms. The van der Waals surface area contributed by atoms with Gasteiger partial charge < -0.3 is 5.32 Å². The molecule has 1 N–H and O–H groups in total. The van der Waals surface area contributed by atoms with Gasteiger partial charge in [-0.05, 0) is 69.8 Å². The van der Waals surface area contributed by atoms with Crippen molar-refractivity contribution in [1.29, 1.82) is 0 Å². The Morgan fingerprint density at radius 3 is 2.53 bits per heavy atom. The number of fused-ring (bicyclic) bond motifs is 14. The van der Waals surface area contributed by atoms with Gasteiger partial charge in [0.05, 0.1) is 28.5 Å². The first-order valence-corrected chi connectivity index (χ1v) is 16.5. The fourth-order valence-electron chi connectivity index (χ4n) is 8.39. The highest BCUT2D eigenvalue weighted by Crippen LogP contribution is 2.53. The van der Waals surface area contributed by atoms with Crippen LogP contribution in [-0.4, -0.2) is 16.2 Å². The predicted octanol–water partition coefficient (Wildman–Crippen LogP) is 11.0. The number of allylic oxidation sites excluding steroid dienone is 2. The monoisotopic (exact) mass is 593 g/mol. The van der Waals surface area contributed by atoms with E-state index in [9.17, 15) is 0 Å². The third-order valence-corrected chi connectivity index (χ3v) is 11.7. The zero-order valence-electron chi connectivity index (χ0n) is 24.8. The second kappa shape index (κ2) is 8.09. The summed E-state index contributed by atoms with van der Waals surface area (Å²) in [6.07, 6.45) is 8.52. The number of anilines is 1. The summed E-state index contributed by atoms with van der Waals surface area (Å²) in [5.74, 6) is 1.00. The second-order valence-electron chi connectivity index (χ2n) is 13.2. The molecule has 2 aliphatic carbocycles. The normalized spacial score (nSPS) is 17.6. The van der Waals surface area contributed by atoms with Crippen LogP contribution in [0.25, 0.3) is 69.6 Å². The van der Waals surface area contributed by atoms with E-state index in [1.165, 1.54) is 80.7 Å². The molecule has 11 rings (SSSR count). The highest BCUT2D eigenvalue weighted by atomic mass is 32.1. The van der Waals surface area contributed by atoms with E-state index in [4.69, 9.17) is 4.99 Å². The molecule has 1 aliphatic heterocycles. The van der Waals surface area contributed by atoms with Crippen molar-refractivity contribution < 1.29 is 0 Å². The minimum absolute atomic E-state index is 0.00527. The molecule has 0 bridgehead atoms. The van der Waals surface area contributed by atoms with Crippen LogP contribution in [0.3, 0.4) is 0 Å². The van der Waals surface area contributed by atoms with E-state index < -0.39 is 0 Å². The molecule has 3 aromatic heterocycles. The van der Waals surface area contributed by atoms with Crippen LogP contribution in [-0.2, 0) is 5.41 Å². The van der Waals surface area contributed by atoms with E-state index in [2.05, 4.69) is 139 Å².